The predicted molar refractivity (Wildman–Crippen MR) is 100 cm³/mol. The third kappa shape index (κ3) is 4.28. The van der Waals surface area contributed by atoms with Gasteiger partial charge in [-0.2, -0.15) is 0 Å². The molecule has 1 fully saturated rings. The summed E-state index contributed by atoms with van der Waals surface area (Å²) in [6.45, 7) is 0. The van der Waals surface area contributed by atoms with Crippen molar-refractivity contribution in [1.29, 1.82) is 0 Å². The van der Waals surface area contributed by atoms with Gasteiger partial charge in [-0.25, -0.2) is 4.39 Å². The zero-order valence-electron chi connectivity index (χ0n) is 15.2. The van der Waals surface area contributed by atoms with Crippen LogP contribution in [0, 0.1) is 5.82 Å². The number of benzene rings is 2. The van der Waals surface area contributed by atoms with Crippen molar-refractivity contribution in [3.05, 3.63) is 71.5 Å². The van der Waals surface area contributed by atoms with Gasteiger partial charge in [0.25, 0.3) is 0 Å². The van der Waals surface area contributed by atoms with Gasteiger partial charge in [0.05, 0.1) is 5.60 Å². The number of hydrogen-bond donors (Lipinski definition) is 1. The Bertz CT molecular complexity index is 690. The van der Waals surface area contributed by atoms with E-state index >= 15 is 0 Å². The molecule has 0 unspecified atom stereocenters. The van der Waals surface area contributed by atoms with Crippen LogP contribution in [0.3, 0.4) is 0 Å². The molecule has 0 atom stereocenters. The van der Waals surface area contributed by atoms with Crippen molar-refractivity contribution >= 4 is 0 Å². The largest absolute Gasteiger partial charge is 0.390 e. The van der Waals surface area contributed by atoms with Crippen LogP contribution in [-0.2, 0) is 12.8 Å². The highest BCUT2D eigenvalue weighted by molar-refractivity contribution is 5.21. The monoisotopic (exact) mass is 341 g/mol. The first-order valence-electron chi connectivity index (χ1n) is 9.09. The van der Waals surface area contributed by atoms with Gasteiger partial charge in [-0.1, -0.05) is 42.5 Å². The SMILES string of the molecule is CN(C)C1(Cc2cccc(F)c2)CCC(O)(Cc2ccccc2)CC1. The number of aliphatic hydroxyl groups is 1. The lowest BCUT2D eigenvalue weighted by atomic mass is 9.69. The summed E-state index contributed by atoms with van der Waals surface area (Å²) in [6, 6.07) is 17.1. The molecular weight excluding hydrogens is 313 g/mol. The van der Waals surface area contributed by atoms with Crippen LogP contribution in [0.25, 0.3) is 0 Å². The molecule has 25 heavy (non-hydrogen) atoms. The molecule has 0 spiro atoms. The van der Waals surface area contributed by atoms with Gasteiger partial charge in [0.1, 0.15) is 5.82 Å². The van der Waals surface area contributed by atoms with E-state index in [2.05, 4.69) is 31.1 Å². The Hall–Kier alpha value is -1.71. The van der Waals surface area contributed by atoms with Crippen LogP contribution in [0.4, 0.5) is 4.39 Å². The molecule has 0 amide bonds. The van der Waals surface area contributed by atoms with E-state index < -0.39 is 5.60 Å². The third-order valence-corrected chi connectivity index (χ3v) is 5.86. The molecule has 1 N–H and O–H groups in total. The lowest BCUT2D eigenvalue weighted by molar-refractivity contribution is -0.0436. The van der Waals surface area contributed by atoms with E-state index in [9.17, 15) is 9.50 Å². The number of nitrogens with zero attached hydrogens (tertiary/aromatic N) is 1. The van der Waals surface area contributed by atoms with Gasteiger partial charge in [0.15, 0.2) is 0 Å². The summed E-state index contributed by atoms with van der Waals surface area (Å²) in [4.78, 5) is 2.26. The molecule has 134 valence electrons. The van der Waals surface area contributed by atoms with Crippen molar-refractivity contribution in [3.8, 4) is 0 Å². The normalized spacial score (nSPS) is 26.8. The molecule has 2 aromatic rings. The van der Waals surface area contributed by atoms with Crippen LogP contribution in [0.1, 0.15) is 36.8 Å². The molecule has 0 heterocycles. The molecule has 1 saturated carbocycles. The van der Waals surface area contributed by atoms with Crippen LogP contribution >= 0.6 is 0 Å². The Kier molecular flexibility index (Phi) is 5.26. The van der Waals surface area contributed by atoms with Gasteiger partial charge in [-0.05, 0) is 69.5 Å². The Morgan fingerprint density at radius 3 is 2.12 bits per heavy atom. The topological polar surface area (TPSA) is 23.5 Å². The summed E-state index contributed by atoms with van der Waals surface area (Å²) in [5, 5.41) is 11.1. The van der Waals surface area contributed by atoms with Gasteiger partial charge in [-0.3, -0.25) is 0 Å². The fraction of sp³-hybridized carbons (Fsp3) is 0.455. The summed E-state index contributed by atoms with van der Waals surface area (Å²) in [5.41, 5.74) is 1.56. The molecule has 1 aliphatic rings. The second kappa shape index (κ2) is 7.27. The first-order valence-corrected chi connectivity index (χ1v) is 9.09. The molecule has 3 rings (SSSR count). The molecule has 1 aliphatic carbocycles. The second-order valence-corrected chi connectivity index (χ2v) is 7.81. The zero-order chi connectivity index (χ0) is 17.9. The van der Waals surface area contributed by atoms with E-state index in [0.29, 0.717) is 6.42 Å². The zero-order valence-corrected chi connectivity index (χ0v) is 15.2. The maximum Gasteiger partial charge on any atom is 0.123 e. The number of rotatable bonds is 5. The highest BCUT2D eigenvalue weighted by atomic mass is 19.1. The summed E-state index contributed by atoms with van der Waals surface area (Å²) in [6.07, 6.45) is 4.90. The molecule has 3 heteroatoms. The van der Waals surface area contributed by atoms with Gasteiger partial charge in [-0.15, -0.1) is 0 Å². The van der Waals surface area contributed by atoms with E-state index in [-0.39, 0.29) is 11.4 Å². The minimum absolute atomic E-state index is 0.0172. The Morgan fingerprint density at radius 2 is 1.52 bits per heavy atom. The van der Waals surface area contributed by atoms with Crippen LogP contribution in [0.2, 0.25) is 0 Å². The Morgan fingerprint density at radius 1 is 0.880 bits per heavy atom. The Balaban J connectivity index is 1.72. The molecule has 0 bridgehead atoms. The van der Waals surface area contributed by atoms with E-state index in [0.717, 1.165) is 37.7 Å². The first kappa shape index (κ1) is 18.1. The average molecular weight is 341 g/mol. The van der Waals surface area contributed by atoms with E-state index in [4.69, 9.17) is 0 Å². The highest BCUT2D eigenvalue weighted by Crippen LogP contribution is 2.41. The highest BCUT2D eigenvalue weighted by Gasteiger charge is 2.43. The summed E-state index contributed by atoms with van der Waals surface area (Å²) < 4.78 is 13.6. The molecule has 2 aromatic carbocycles. The van der Waals surface area contributed by atoms with Crippen LogP contribution in [0.15, 0.2) is 54.6 Å². The van der Waals surface area contributed by atoms with Gasteiger partial charge in [0.2, 0.25) is 0 Å². The van der Waals surface area contributed by atoms with Crippen molar-refractivity contribution in [3.63, 3.8) is 0 Å². The van der Waals surface area contributed by atoms with Crippen molar-refractivity contribution in [2.45, 2.75) is 49.7 Å². The van der Waals surface area contributed by atoms with E-state index in [1.807, 2.05) is 24.3 Å². The van der Waals surface area contributed by atoms with Crippen molar-refractivity contribution in [1.82, 2.24) is 4.90 Å². The quantitative estimate of drug-likeness (QED) is 0.880. The summed E-state index contributed by atoms with van der Waals surface area (Å²) in [5.74, 6) is -0.178. The maximum absolute atomic E-state index is 13.6. The summed E-state index contributed by atoms with van der Waals surface area (Å²) in [7, 11) is 4.20. The van der Waals surface area contributed by atoms with Gasteiger partial charge >= 0.3 is 0 Å². The number of likely N-dealkylation sites (N-methyl/N-ethyl adjacent to an activating group) is 1. The fourth-order valence-electron chi connectivity index (χ4n) is 4.14. The van der Waals surface area contributed by atoms with Crippen LogP contribution in [-0.4, -0.2) is 35.2 Å². The van der Waals surface area contributed by atoms with Crippen molar-refractivity contribution < 1.29 is 9.50 Å². The molecule has 0 aliphatic heterocycles. The average Bonchev–Trinajstić information content (AvgIpc) is 2.58. The molecular formula is C22H28FNO. The van der Waals surface area contributed by atoms with E-state index in [1.165, 1.54) is 11.6 Å². The standard InChI is InChI=1S/C22H28FNO/c1-24(2)21(16-19-9-6-10-20(23)15-19)11-13-22(25,14-12-21)17-18-7-4-3-5-8-18/h3-10,15,25H,11-14,16-17H2,1-2H3. The Labute approximate surface area is 150 Å². The summed E-state index contributed by atoms with van der Waals surface area (Å²) >= 11 is 0. The lowest BCUT2D eigenvalue weighted by Crippen LogP contribution is -2.53. The van der Waals surface area contributed by atoms with Crippen molar-refractivity contribution in [2.24, 2.45) is 0 Å². The van der Waals surface area contributed by atoms with Crippen molar-refractivity contribution in [2.75, 3.05) is 14.1 Å². The minimum atomic E-state index is -0.636. The predicted octanol–water partition coefficient (Wildman–Crippen LogP) is 4.22. The van der Waals surface area contributed by atoms with Crippen LogP contribution < -0.4 is 0 Å². The van der Waals surface area contributed by atoms with Crippen LogP contribution in [0.5, 0.6) is 0 Å². The second-order valence-electron chi connectivity index (χ2n) is 7.81. The fourth-order valence-corrected chi connectivity index (χ4v) is 4.14. The number of hydrogen-bond acceptors (Lipinski definition) is 2. The van der Waals surface area contributed by atoms with E-state index in [1.54, 1.807) is 12.1 Å². The maximum atomic E-state index is 13.6. The van der Waals surface area contributed by atoms with Gasteiger partial charge in [0, 0.05) is 12.0 Å². The minimum Gasteiger partial charge on any atom is -0.390 e. The third-order valence-electron chi connectivity index (χ3n) is 5.86. The number of halogens is 1. The molecule has 0 aromatic heterocycles. The van der Waals surface area contributed by atoms with Gasteiger partial charge < -0.3 is 10.0 Å². The molecule has 2 nitrogen and oxygen atoms in total. The lowest BCUT2D eigenvalue weighted by Gasteiger charge is -2.48. The molecule has 0 radical (unpaired) electrons. The molecule has 0 saturated heterocycles. The smallest absolute Gasteiger partial charge is 0.123 e. The first-order chi connectivity index (χ1) is 11.9.